The zero-order chi connectivity index (χ0) is 8.48. The molecular formula is C6H6F3NO. The highest BCUT2D eigenvalue weighted by Crippen LogP contribution is 2.31. The van der Waals surface area contributed by atoms with Crippen LogP contribution in [0.2, 0.25) is 0 Å². The molecule has 0 amide bonds. The molecule has 0 aromatic carbocycles. The number of hydrogen-bond acceptors (Lipinski definition) is 1. The molecule has 1 heterocycles. The summed E-state index contributed by atoms with van der Waals surface area (Å²) in [5, 5.41) is 8.60. The van der Waals surface area contributed by atoms with E-state index in [0.717, 1.165) is 6.20 Å². The summed E-state index contributed by atoms with van der Waals surface area (Å²) in [7, 11) is 0. The summed E-state index contributed by atoms with van der Waals surface area (Å²) in [6, 6.07) is 1.18. The first-order valence-electron chi connectivity index (χ1n) is 2.89. The molecule has 0 saturated carbocycles. The van der Waals surface area contributed by atoms with Gasteiger partial charge in [0.25, 0.3) is 0 Å². The van der Waals surface area contributed by atoms with E-state index in [0.29, 0.717) is 0 Å². The van der Waals surface area contributed by atoms with E-state index in [-0.39, 0.29) is 5.56 Å². The van der Waals surface area contributed by atoms with E-state index in [1.54, 1.807) is 0 Å². The molecule has 1 aromatic heterocycles. The molecule has 0 saturated heterocycles. The minimum absolute atomic E-state index is 0.169. The summed E-state index contributed by atoms with van der Waals surface area (Å²) in [4.78, 5) is 2.42. The highest BCUT2D eigenvalue weighted by molar-refractivity contribution is 5.13. The predicted octanol–water partition coefficient (Wildman–Crippen LogP) is 1.61. The normalized spacial score (nSPS) is 14.9. The molecule has 0 unspecified atom stereocenters. The van der Waals surface area contributed by atoms with Gasteiger partial charge in [0.05, 0.1) is 0 Å². The topological polar surface area (TPSA) is 36.0 Å². The van der Waals surface area contributed by atoms with E-state index in [4.69, 9.17) is 5.11 Å². The number of aliphatic hydroxyl groups is 1. The van der Waals surface area contributed by atoms with E-state index in [1.807, 2.05) is 0 Å². The Labute approximate surface area is 60.7 Å². The van der Waals surface area contributed by atoms with Gasteiger partial charge in [-0.1, -0.05) is 0 Å². The van der Waals surface area contributed by atoms with Crippen LogP contribution in [0.4, 0.5) is 13.2 Å². The fourth-order valence-corrected chi connectivity index (χ4v) is 0.696. The maximum Gasteiger partial charge on any atom is 0.418 e. The Bertz CT molecular complexity index is 216. The van der Waals surface area contributed by atoms with Crippen LogP contribution in [-0.2, 0) is 0 Å². The molecule has 0 spiro atoms. The molecule has 2 N–H and O–H groups in total. The first-order chi connectivity index (χ1) is 5.02. The van der Waals surface area contributed by atoms with Crippen molar-refractivity contribution in [1.29, 1.82) is 0 Å². The Balaban J connectivity index is 2.78. The van der Waals surface area contributed by atoms with Crippen LogP contribution in [0.5, 0.6) is 0 Å². The molecule has 0 fully saturated rings. The van der Waals surface area contributed by atoms with Gasteiger partial charge in [0.2, 0.25) is 0 Å². The van der Waals surface area contributed by atoms with Gasteiger partial charge in [0, 0.05) is 18.0 Å². The smallest absolute Gasteiger partial charge is 0.379 e. The number of H-pyrrole nitrogens is 1. The Morgan fingerprint density at radius 3 is 2.45 bits per heavy atom. The van der Waals surface area contributed by atoms with Crippen LogP contribution < -0.4 is 0 Å². The zero-order valence-corrected chi connectivity index (χ0v) is 5.39. The third-order valence-electron chi connectivity index (χ3n) is 1.25. The highest BCUT2D eigenvalue weighted by Gasteiger charge is 2.39. The number of alkyl halides is 3. The molecule has 0 bridgehead atoms. The second-order valence-corrected chi connectivity index (χ2v) is 2.09. The average Bonchev–Trinajstić information content (AvgIpc) is 2.34. The number of hydrogen-bond donors (Lipinski definition) is 2. The lowest BCUT2D eigenvalue weighted by molar-refractivity contribution is -0.206. The molecule has 62 valence electrons. The summed E-state index contributed by atoms with van der Waals surface area (Å²) in [5.74, 6) is 0. The van der Waals surface area contributed by atoms with Gasteiger partial charge < -0.3 is 10.1 Å². The Morgan fingerprint density at radius 2 is 2.09 bits per heavy atom. The van der Waals surface area contributed by atoms with E-state index >= 15 is 0 Å². The van der Waals surface area contributed by atoms with Crippen molar-refractivity contribution in [3.8, 4) is 0 Å². The Hall–Kier alpha value is -0.970. The van der Waals surface area contributed by atoms with E-state index in [1.165, 1.54) is 12.3 Å². The van der Waals surface area contributed by atoms with E-state index < -0.39 is 12.3 Å². The average molecular weight is 165 g/mol. The van der Waals surface area contributed by atoms with Crippen molar-refractivity contribution < 1.29 is 18.3 Å². The van der Waals surface area contributed by atoms with Crippen LogP contribution in [0.1, 0.15) is 11.7 Å². The summed E-state index contributed by atoms with van der Waals surface area (Å²) in [5.41, 5.74) is -0.169. The Kier molecular flexibility index (Phi) is 1.90. The van der Waals surface area contributed by atoms with Crippen LogP contribution >= 0.6 is 0 Å². The molecule has 0 aliphatic heterocycles. The molecule has 0 radical (unpaired) electrons. The van der Waals surface area contributed by atoms with Crippen LogP contribution in [0.15, 0.2) is 18.5 Å². The quantitative estimate of drug-likeness (QED) is 0.651. The fraction of sp³-hybridized carbons (Fsp3) is 0.333. The highest BCUT2D eigenvalue weighted by atomic mass is 19.4. The lowest BCUT2D eigenvalue weighted by Gasteiger charge is -2.12. The van der Waals surface area contributed by atoms with Crippen molar-refractivity contribution in [3.05, 3.63) is 24.0 Å². The number of aromatic nitrogens is 1. The third kappa shape index (κ3) is 1.74. The summed E-state index contributed by atoms with van der Waals surface area (Å²) in [6.07, 6.45) is -4.53. The summed E-state index contributed by atoms with van der Waals surface area (Å²) in [6.45, 7) is 0. The second-order valence-electron chi connectivity index (χ2n) is 2.09. The standard InChI is InChI=1S/C6H6F3NO/c7-6(8,9)5(11)4-1-2-10-3-4/h1-3,5,10-11H/t5-/m0/s1. The maximum atomic E-state index is 11.7. The van der Waals surface area contributed by atoms with Crippen molar-refractivity contribution in [3.63, 3.8) is 0 Å². The number of aliphatic hydroxyl groups excluding tert-OH is 1. The Morgan fingerprint density at radius 1 is 1.45 bits per heavy atom. The number of nitrogens with one attached hydrogen (secondary N) is 1. The van der Waals surface area contributed by atoms with Gasteiger partial charge in [-0.25, -0.2) is 0 Å². The van der Waals surface area contributed by atoms with E-state index in [2.05, 4.69) is 4.98 Å². The minimum atomic E-state index is -4.58. The molecule has 11 heavy (non-hydrogen) atoms. The molecule has 1 rings (SSSR count). The van der Waals surface area contributed by atoms with Gasteiger partial charge >= 0.3 is 6.18 Å². The zero-order valence-electron chi connectivity index (χ0n) is 5.39. The van der Waals surface area contributed by atoms with Crippen LogP contribution in [0.25, 0.3) is 0 Å². The number of aromatic amines is 1. The number of halogens is 3. The molecule has 1 atom stereocenters. The van der Waals surface area contributed by atoms with Gasteiger partial charge in [0.1, 0.15) is 0 Å². The van der Waals surface area contributed by atoms with Gasteiger partial charge in [-0.2, -0.15) is 13.2 Å². The fourth-order valence-electron chi connectivity index (χ4n) is 0.696. The molecule has 0 aliphatic rings. The monoisotopic (exact) mass is 165 g/mol. The third-order valence-corrected chi connectivity index (χ3v) is 1.25. The van der Waals surface area contributed by atoms with Crippen LogP contribution in [0.3, 0.4) is 0 Å². The summed E-state index contributed by atoms with van der Waals surface area (Å²) < 4.78 is 35.2. The van der Waals surface area contributed by atoms with Gasteiger partial charge in [0.15, 0.2) is 6.10 Å². The largest absolute Gasteiger partial charge is 0.418 e. The molecule has 5 heteroatoms. The van der Waals surface area contributed by atoms with Crippen molar-refractivity contribution in [2.24, 2.45) is 0 Å². The van der Waals surface area contributed by atoms with Crippen LogP contribution in [-0.4, -0.2) is 16.3 Å². The molecule has 0 aliphatic carbocycles. The second kappa shape index (κ2) is 2.58. The molecule has 2 nitrogen and oxygen atoms in total. The maximum absolute atomic E-state index is 11.7. The number of rotatable bonds is 1. The molecule has 1 aromatic rings. The van der Waals surface area contributed by atoms with Crippen molar-refractivity contribution in [2.75, 3.05) is 0 Å². The molecular weight excluding hydrogens is 159 g/mol. The first-order valence-corrected chi connectivity index (χ1v) is 2.89. The van der Waals surface area contributed by atoms with Gasteiger partial charge in [-0.3, -0.25) is 0 Å². The predicted molar refractivity (Wildman–Crippen MR) is 31.8 cm³/mol. The van der Waals surface area contributed by atoms with Gasteiger partial charge in [-0.15, -0.1) is 0 Å². The van der Waals surface area contributed by atoms with Crippen LogP contribution in [0, 0.1) is 0 Å². The minimum Gasteiger partial charge on any atom is -0.379 e. The summed E-state index contributed by atoms with van der Waals surface area (Å²) >= 11 is 0. The first kappa shape index (κ1) is 8.13. The lowest BCUT2D eigenvalue weighted by atomic mass is 10.2. The lowest BCUT2D eigenvalue weighted by Crippen LogP contribution is -2.19. The van der Waals surface area contributed by atoms with Crippen molar-refractivity contribution in [2.45, 2.75) is 12.3 Å². The SMILES string of the molecule is O[C@@H](c1cc[nH]c1)C(F)(F)F. The van der Waals surface area contributed by atoms with Crippen molar-refractivity contribution in [1.82, 2.24) is 4.98 Å². The van der Waals surface area contributed by atoms with Gasteiger partial charge in [-0.05, 0) is 6.07 Å². The van der Waals surface area contributed by atoms with E-state index in [9.17, 15) is 13.2 Å². The van der Waals surface area contributed by atoms with Crippen molar-refractivity contribution >= 4 is 0 Å².